The number of thiocarbonyl (C=S) groups is 1. The van der Waals surface area contributed by atoms with E-state index in [1.54, 1.807) is 0 Å². The van der Waals surface area contributed by atoms with Crippen molar-refractivity contribution < 1.29 is 13.9 Å². The van der Waals surface area contributed by atoms with Crippen molar-refractivity contribution in [3.63, 3.8) is 0 Å². The third kappa shape index (κ3) is 2.88. The Labute approximate surface area is 91.2 Å². The molecule has 0 bridgehead atoms. The summed E-state index contributed by atoms with van der Waals surface area (Å²) in [4.78, 5) is 11.0. The second-order valence-electron chi connectivity index (χ2n) is 2.68. The van der Waals surface area contributed by atoms with Gasteiger partial charge in [-0.15, -0.1) is 0 Å². The minimum atomic E-state index is -0.727. The number of ether oxygens (including phenoxy) is 1. The van der Waals surface area contributed by atoms with Crippen LogP contribution in [0.15, 0.2) is 18.2 Å². The van der Waals surface area contributed by atoms with Crippen LogP contribution in [0, 0.1) is 5.82 Å². The SMILES string of the molecule is COC(=O)c1ccc(NC(N)=S)cc1F. The van der Waals surface area contributed by atoms with Crippen LogP contribution in [0.1, 0.15) is 10.4 Å². The van der Waals surface area contributed by atoms with Gasteiger partial charge in [-0.3, -0.25) is 0 Å². The second-order valence-corrected chi connectivity index (χ2v) is 3.12. The average molecular weight is 228 g/mol. The predicted octanol–water partition coefficient (Wildman–Crippen LogP) is 1.27. The highest BCUT2D eigenvalue weighted by Crippen LogP contribution is 2.15. The van der Waals surface area contributed by atoms with E-state index in [9.17, 15) is 9.18 Å². The van der Waals surface area contributed by atoms with Crippen molar-refractivity contribution >= 4 is 29.0 Å². The van der Waals surface area contributed by atoms with Crippen LogP contribution in [-0.2, 0) is 4.74 Å². The topological polar surface area (TPSA) is 64.3 Å². The lowest BCUT2D eigenvalue weighted by atomic mass is 10.2. The lowest BCUT2D eigenvalue weighted by molar-refractivity contribution is 0.0595. The zero-order chi connectivity index (χ0) is 11.4. The minimum Gasteiger partial charge on any atom is -0.465 e. The van der Waals surface area contributed by atoms with Crippen LogP contribution < -0.4 is 11.1 Å². The number of methoxy groups -OCH3 is 1. The first-order chi connectivity index (χ1) is 7.04. The van der Waals surface area contributed by atoms with Gasteiger partial charge >= 0.3 is 5.97 Å². The van der Waals surface area contributed by atoms with Crippen LogP contribution in [0.3, 0.4) is 0 Å². The molecule has 0 aliphatic carbocycles. The van der Waals surface area contributed by atoms with Gasteiger partial charge in [-0.1, -0.05) is 0 Å². The Balaban J connectivity index is 2.97. The van der Waals surface area contributed by atoms with Gasteiger partial charge in [0, 0.05) is 5.69 Å². The van der Waals surface area contributed by atoms with Gasteiger partial charge in [-0.2, -0.15) is 0 Å². The van der Waals surface area contributed by atoms with Crippen LogP contribution in [0.25, 0.3) is 0 Å². The van der Waals surface area contributed by atoms with E-state index < -0.39 is 11.8 Å². The van der Waals surface area contributed by atoms with Gasteiger partial charge in [0.2, 0.25) is 0 Å². The van der Waals surface area contributed by atoms with Gasteiger partial charge in [0.15, 0.2) is 5.11 Å². The Morgan fingerprint density at radius 2 is 2.27 bits per heavy atom. The molecule has 1 aromatic rings. The molecule has 0 radical (unpaired) electrons. The second kappa shape index (κ2) is 4.70. The Morgan fingerprint density at radius 1 is 1.60 bits per heavy atom. The summed E-state index contributed by atoms with van der Waals surface area (Å²) in [5.41, 5.74) is 5.45. The van der Waals surface area contributed by atoms with Gasteiger partial charge in [-0.25, -0.2) is 9.18 Å². The zero-order valence-electron chi connectivity index (χ0n) is 7.91. The molecule has 6 heteroatoms. The molecule has 0 amide bonds. The summed E-state index contributed by atoms with van der Waals surface area (Å²) in [6.07, 6.45) is 0. The molecule has 0 spiro atoms. The number of anilines is 1. The normalized spacial score (nSPS) is 9.47. The van der Waals surface area contributed by atoms with Gasteiger partial charge in [-0.05, 0) is 30.4 Å². The molecule has 4 nitrogen and oxygen atoms in total. The Hall–Kier alpha value is -1.69. The Bertz CT molecular complexity index is 409. The van der Waals surface area contributed by atoms with Crippen molar-refractivity contribution in [2.75, 3.05) is 12.4 Å². The predicted molar refractivity (Wildman–Crippen MR) is 58.1 cm³/mol. The minimum absolute atomic E-state index is 0.0280. The van der Waals surface area contributed by atoms with Crippen molar-refractivity contribution in [2.24, 2.45) is 5.73 Å². The van der Waals surface area contributed by atoms with Crippen molar-refractivity contribution in [2.45, 2.75) is 0 Å². The largest absolute Gasteiger partial charge is 0.465 e. The van der Waals surface area contributed by atoms with Crippen LogP contribution in [0.2, 0.25) is 0 Å². The van der Waals surface area contributed by atoms with E-state index in [4.69, 9.17) is 5.73 Å². The van der Waals surface area contributed by atoms with Crippen molar-refractivity contribution in [3.05, 3.63) is 29.6 Å². The number of hydrogen-bond donors (Lipinski definition) is 2. The van der Waals surface area contributed by atoms with E-state index in [2.05, 4.69) is 22.3 Å². The molecule has 0 aliphatic heterocycles. The van der Waals surface area contributed by atoms with Crippen molar-refractivity contribution in [1.29, 1.82) is 0 Å². The third-order valence-corrected chi connectivity index (χ3v) is 1.74. The number of carbonyl (C=O) groups is 1. The molecule has 0 atom stereocenters. The van der Waals surface area contributed by atoms with Crippen LogP contribution in [0.4, 0.5) is 10.1 Å². The Kier molecular flexibility index (Phi) is 3.56. The summed E-state index contributed by atoms with van der Waals surface area (Å²) in [6, 6.07) is 3.89. The molecule has 0 saturated carbocycles. The molecule has 0 unspecified atom stereocenters. The summed E-state index contributed by atoms with van der Waals surface area (Å²) in [5.74, 6) is -1.42. The lowest BCUT2D eigenvalue weighted by Gasteiger charge is -2.05. The quantitative estimate of drug-likeness (QED) is 0.589. The van der Waals surface area contributed by atoms with E-state index >= 15 is 0 Å². The fourth-order valence-corrected chi connectivity index (χ4v) is 1.13. The summed E-state index contributed by atoms with van der Waals surface area (Å²) in [7, 11) is 1.18. The number of carbonyl (C=O) groups excluding carboxylic acids is 1. The molecule has 1 aromatic carbocycles. The average Bonchev–Trinajstić information content (AvgIpc) is 2.16. The highest BCUT2D eigenvalue weighted by atomic mass is 32.1. The van der Waals surface area contributed by atoms with E-state index in [1.165, 1.54) is 19.2 Å². The summed E-state index contributed by atoms with van der Waals surface area (Å²) in [6.45, 7) is 0. The standard InChI is InChI=1S/C9H9FN2O2S/c1-14-8(13)6-3-2-5(4-7(6)10)12-9(11)15/h2-4H,1H3,(H3,11,12,15). The Morgan fingerprint density at radius 3 is 2.73 bits per heavy atom. The van der Waals surface area contributed by atoms with Gasteiger partial charge in [0.05, 0.1) is 12.7 Å². The molecular formula is C9H9FN2O2S. The van der Waals surface area contributed by atoms with Crippen LogP contribution >= 0.6 is 12.2 Å². The number of nitrogens with one attached hydrogen (secondary N) is 1. The van der Waals surface area contributed by atoms with E-state index in [0.717, 1.165) is 6.07 Å². The number of halogens is 1. The van der Waals surface area contributed by atoms with Gasteiger partial charge in [0.1, 0.15) is 5.82 Å². The molecule has 1 rings (SSSR count). The maximum atomic E-state index is 13.3. The number of rotatable bonds is 2. The number of nitrogens with two attached hydrogens (primary N) is 1. The maximum absolute atomic E-state index is 13.3. The monoisotopic (exact) mass is 228 g/mol. The van der Waals surface area contributed by atoms with E-state index in [1.807, 2.05) is 0 Å². The molecule has 15 heavy (non-hydrogen) atoms. The summed E-state index contributed by atoms with van der Waals surface area (Å²) >= 11 is 4.58. The summed E-state index contributed by atoms with van der Waals surface area (Å²) < 4.78 is 17.7. The van der Waals surface area contributed by atoms with Crippen molar-refractivity contribution in [1.82, 2.24) is 0 Å². The van der Waals surface area contributed by atoms with E-state index in [-0.39, 0.29) is 10.7 Å². The first-order valence-corrected chi connectivity index (χ1v) is 4.39. The molecule has 0 aliphatic rings. The summed E-state index contributed by atoms with van der Waals surface area (Å²) in [5, 5.41) is 2.57. The molecule has 0 aromatic heterocycles. The van der Waals surface area contributed by atoms with Crippen LogP contribution in [-0.4, -0.2) is 18.2 Å². The van der Waals surface area contributed by atoms with Gasteiger partial charge in [0.25, 0.3) is 0 Å². The maximum Gasteiger partial charge on any atom is 0.340 e. The highest BCUT2D eigenvalue weighted by Gasteiger charge is 2.12. The van der Waals surface area contributed by atoms with Crippen LogP contribution in [0.5, 0.6) is 0 Å². The first-order valence-electron chi connectivity index (χ1n) is 3.99. The molecule has 3 N–H and O–H groups in total. The lowest BCUT2D eigenvalue weighted by Crippen LogP contribution is -2.19. The number of hydrogen-bond acceptors (Lipinski definition) is 3. The number of benzene rings is 1. The fourth-order valence-electron chi connectivity index (χ4n) is 1.01. The molecular weight excluding hydrogens is 219 g/mol. The van der Waals surface area contributed by atoms with Crippen molar-refractivity contribution in [3.8, 4) is 0 Å². The number of esters is 1. The zero-order valence-corrected chi connectivity index (χ0v) is 8.73. The van der Waals surface area contributed by atoms with E-state index in [0.29, 0.717) is 5.69 Å². The fraction of sp³-hybridized carbons (Fsp3) is 0.111. The first kappa shape index (κ1) is 11.4. The molecule has 0 fully saturated rings. The van der Waals surface area contributed by atoms with Gasteiger partial charge < -0.3 is 15.8 Å². The molecule has 0 saturated heterocycles. The molecule has 80 valence electrons. The smallest absolute Gasteiger partial charge is 0.340 e. The molecule has 0 heterocycles. The third-order valence-electron chi connectivity index (χ3n) is 1.64. The highest BCUT2D eigenvalue weighted by molar-refractivity contribution is 7.80.